The number of phenolic OH excluding ortho intramolecular Hbond substituents is 3. The molecular weight excluding hydrogens is 300 g/mol. The highest BCUT2D eigenvalue weighted by atomic mass is 16.5. The number of benzene rings is 2. The Morgan fingerprint density at radius 3 is 2.35 bits per heavy atom. The Labute approximate surface area is 133 Å². The summed E-state index contributed by atoms with van der Waals surface area (Å²) >= 11 is 0. The molecule has 23 heavy (non-hydrogen) atoms. The first-order valence-corrected chi connectivity index (χ1v) is 7.10. The topological polar surface area (TPSA) is 142 Å². The number of nitrogens with two attached hydrogens (primary N) is 2. The lowest BCUT2D eigenvalue weighted by atomic mass is 10.1. The van der Waals surface area contributed by atoms with Crippen molar-refractivity contribution < 1.29 is 25.2 Å². The molecule has 0 saturated heterocycles. The number of hydrogen-bond acceptors (Lipinski definition) is 7. The van der Waals surface area contributed by atoms with Crippen LogP contribution in [0.25, 0.3) is 0 Å². The summed E-state index contributed by atoms with van der Waals surface area (Å²) in [6.45, 7) is 0.384. The zero-order chi connectivity index (χ0) is 17.0. The molecule has 0 aliphatic rings. The van der Waals surface area contributed by atoms with Crippen molar-refractivity contribution in [1.29, 1.82) is 0 Å². The Morgan fingerprint density at radius 2 is 1.70 bits per heavy atom. The summed E-state index contributed by atoms with van der Waals surface area (Å²) in [5, 5.41) is 39.3. The normalized spacial score (nSPS) is 12.1. The molecule has 0 aromatic heterocycles. The summed E-state index contributed by atoms with van der Waals surface area (Å²) in [5.74, 6) is -1.09. The van der Waals surface area contributed by atoms with Gasteiger partial charge in [-0.2, -0.15) is 0 Å². The molecule has 7 heteroatoms. The van der Waals surface area contributed by atoms with E-state index in [-0.39, 0.29) is 29.4 Å². The average Bonchev–Trinajstić information content (AvgIpc) is 2.54. The van der Waals surface area contributed by atoms with Gasteiger partial charge < -0.3 is 36.6 Å². The maximum absolute atomic E-state index is 9.91. The predicted molar refractivity (Wildman–Crippen MR) is 84.7 cm³/mol. The molecule has 0 aliphatic heterocycles. The van der Waals surface area contributed by atoms with Gasteiger partial charge in [0.1, 0.15) is 0 Å². The largest absolute Gasteiger partial charge is 0.504 e. The molecule has 0 bridgehead atoms. The van der Waals surface area contributed by atoms with E-state index in [2.05, 4.69) is 0 Å². The monoisotopic (exact) mass is 320 g/mol. The van der Waals surface area contributed by atoms with Crippen LogP contribution in [0.5, 0.6) is 28.7 Å². The van der Waals surface area contributed by atoms with Gasteiger partial charge in [-0.15, -0.1) is 0 Å². The van der Waals surface area contributed by atoms with Crippen LogP contribution in [0, 0.1) is 0 Å². The van der Waals surface area contributed by atoms with Crippen LogP contribution in [0.1, 0.15) is 17.2 Å². The van der Waals surface area contributed by atoms with Crippen LogP contribution in [0.15, 0.2) is 30.3 Å². The molecule has 2 rings (SSSR count). The van der Waals surface area contributed by atoms with Crippen molar-refractivity contribution in [3.8, 4) is 28.7 Å². The third-order valence-electron chi connectivity index (χ3n) is 3.36. The lowest BCUT2D eigenvalue weighted by Crippen LogP contribution is -2.11. The molecule has 0 spiro atoms. The first-order valence-electron chi connectivity index (χ1n) is 7.10. The maximum atomic E-state index is 9.91. The van der Waals surface area contributed by atoms with E-state index in [4.69, 9.17) is 16.2 Å². The first kappa shape index (κ1) is 16.9. The molecule has 124 valence electrons. The summed E-state index contributed by atoms with van der Waals surface area (Å²) in [6, 6.07) is 7.30. The van der Waals surface area contributed by atoms with Gasteiger partial charge in [-0.3, -0.25) is 0 Å². The number of phenols is 3. The van der Waals surface area contributed by atoms with Crippen molar-refractivity contribution in [2.75, 3.05) is 13.1 Å². The zero-order valence-electron chi connectivity index (χ0n) is 12.4. The summed E-state index contributed by atoms with van der Waals surface area (Å²) < 4.78 is 5.49. The van der Waals surface area contributed by atoms with Crippen LogP contribution < -0.4 is 16.2 Å². The highest BCUT2D eigenvalue weighted by Gasteiger charge is 2.16. The molecule has 2 aromatic rings. The second-order valence-electron chi connectivity index (χ2n) is 5.08. The van der Waals surface area contributed by atoms with Crippen LogP contribution in [0.3, 0.4) is 0 Å². The third kappa shape index (κ3) is 3.84. The molecule has 0 heterocycles. The molecular formula is C16H20N2O5. The standard InChI is InChI=1S/C16H20N2O5/c17-4-3-9-1-2-11(19)14(5-9)23-15-7-10(13(21)8-18)6-12(20)16(15)22/h1-2,5-7,13,19-22H,3-4,8,17-18H2/t13-/m0/s1. The zero-order valence-corrected chi connectivity index (χ0v) is 12.4. The van der Waals surface area contributed by atoms with Crippen LogP contribution in [-0.4, -0.2) is 33.5 Å². The second kappa shape index (κ2) is 7.19. The SMILES string of the molecule is NCCc1ccc(O)c(Oc2cc([C@@H](O)CN)cc(O)c2O)c1. The van der Waals surface area contributed by atoms with E-state index in [0.717, 1.165) is 5.56 Å². The number of rotatable bonds is 6. The minimum absolute atomic E-state index is 0.0547. The van der Waals surface area contributed by atoms with Crippen LogP contribution in [0.4, 0.5) is 0 Å². The average molecular weight is 320 g/mol. The van der Waals surface area contributed by atoms with Gasteiger partial charge in [0.05, 0.1) is 6.10 Å². The minimum Gasteiger partial charge on any atom is -0.504 e. The number of aliphatic hydroxyl groups excluding tert-OH is 1. The minimum atomic E-state index is -1.01. The van der Waals surface area contributed by atoms with Crippen LogP contribution in [-0.2, 0) is 6.42 Å². The Bertz CT molecular complexity index is 690. The van der Waals surface area contributed by atoms with Crippen LogP contribution in [0.2, 0.25) is 0 Å². The number of aromatic hydroxyl groups is 3. The predicted octanol–water partition coefficient (Wildman–Crippen LogP) is 1.09. The van der Waals surface area contributed by atoms with Crippen molar-refractivity contribution in [1.82, 2.24) is 0 Å². The fourth-order valence-electron chi connectivity index (χ4n) is 2.10. The van der Waals surface area contributed by atoms with E-state index in [1.807, 2.05) is 0 Å². The smallest absolute Gasteiger partial charge is 0.201 e. The molecule has 2 aromatic carbocycles. The van der Waals surface area contributed by atoms with E-state index in [1.54, 1.807) is 12.1 Å². The molecule has 7 nitrogen and oxygen atoms in total. The van der Waals surface area contributed by atoms with Crippen molar-refractivity contribution in [2.45, 2.75) is 12.5 Å². The summed E-state index contributed by atoms with van der Waals surface area (Å²) in [5.41, 5.74) is 12.0. The van der Waals surface area contributed by atoms with Crippen molar-refractivity contribution in [2.24, 2.45) is 11.5 Å². The van der Waals surface area contributed by atoms with Gasteiger partial charge in [-0.1, -0.05) is 6.07 Å². The Hall–Kier alpha value is -2.48. The third-order valence-corrected chi connectivity index (χ3v) is 3.36. The van der Waals surface area contributed by atoms with Gasteiger partial charge in [0.15, 0.2) is 23.0 Å². The molecule has 8 N–H and O–H groups in total. The van der Waals surface area contributed by atoms with Gasteiger partial charge in [0, 0.05) is 6.54 Å². The molecule has 0 amide bonds. The van der Waals surface area contributed by atoms with Gasteiger partial charge in [0.25, 0.3) is 0 Å². The summed E-state index contributed by atoms with van der Waals surface area (Å²) in [4.78, 5) is 0. The van der Waals surface area contributed by atoms with Gasteiger partial charge in [-0.25, -0.2) is 0 Å². The lowest BCUT2D eigenvalue weighted by Gasteiger charge is -2.15. The van der Waals surface area contributed by atoms with E-state index in [9.17, 15) is 20.4 Å². The number of aliphatic hydroxyl groups is 1. The van der Waals surface area contributed by atoms with Crippen molar-refractivity contribution in [3.63, 3.8) is 0 Å². The lowest BCUT2D eigenvalue weighted by molar-refractivity contribution is 0.185. The molecule has 0 fully saturated rings. The molecule has 0 aliphatic carbocycles. The number of ether oxygens (including phenoxy) is 1. The maximum Gasteiger partial charge on any atom is 0.201 e. The highest BCUT2D eigenvalue weighted by molar-refractivity contribution is 5.55. The van der Waals surface area contributed by atoms with Gasteiger partial charge in [-0.05, 0) is 48.4 Å². The van der Waals surface area contributed by atoms with Gasteiger partial charge in [0.2, 0.25) is 5.75 Å². The van der Waals surface area contributed by atoms with Gasteiger partial charge >= 0.3 is 0 Å². The van der Waals surface area contributed by atoms with Crippen LogP contribution >= 0.6 is 0 Å². The fraction of sp³-hybridized carbons (Fsp3) is 0.250. The first-order chi connectivity index (χ1) is 11.0. The van der Waals surface area contributed by atoms with E-state index in [1.165, 1.54) is 18.2 Å². The second-order valence-corrected chi connectivity index (χ2v) is 5.08. The Morgan fingerprint density at radius 1 is 0.957 bits per heavy atom. The Kier molecular flexibility index (Phi) is 5.28. The van der Waals surface area contributed by atoms with E-state index >= 15 is 0 Å². The summed E-state index contributed by atoms with van der Waals surface area (Å²) in [7, 11) is 0. The van der Waals surface area contributed by atoms with Crippen molar-refractivity contribution in [3.05, 3.63) is 41.5 Å². The highest BCUT2D eigenvalue weighted by Crippen LogP contribution is 2.42. The quantitative estimate of drug-likeness (QED) is 0.437. The molecule has 0 saturated carbocycles. The summed E-state index contributed by atoms with van der Waals surface area (Å²) in [6.07, 6.45) is -0.416. The van der Waals surface area contributed by atoms with E-state index < -0.39 is 17.6 Å². The fourth-order valence-corrected chi connectivity index (χ4v) is 2.10. The number of hydrogen-bond donors (Lipinski definition) is 6. The molecule has 1 atom stereocenters. The van der Waals surface area contributed by atoms with Crippen molar-refractivity contribution >= 4 is 0 Å². The Balaban J connectivity index is 2.39. The molecule has 0 unspecified atom stereocenters. The molecule has 0 radical (unpaired) electrons. The van der Waals surface area contributed by atoms with E-state index in [0.29, 0.717) is 13.0 Å².